The van der Waals surface area contributed by atoms with Crippen molar-refractivity contribution in [1.29, 1.82) is 5.26 Å². The molecule has 1 amide bonds. The van der Waals surface area contributed by atoms with Gasteiger partial charge >= 0.3 is 0 Å². The summed E-state index contributed by atoms with van der Waals surface area (Å²) >= 11 is 0. The second kappa shape index (κ2) is 5.76. The fraction of sp³-hybridized carbons (Fsp3) is 0.500. The third kappa shape index (κ3) is 2.54. The van der Waals surface area contributed by atoms with Crippen LogP contribution in [0.3, 0.4) is 0 Å². The van der Waals surface area contributed by atoms with E-state index in [0.29, 0.717) is 5.56 Å². The Morgan fingerprint density at radius 1 is 1.32 bits per heavy atom. The number of fused-ring (bicyclic) bond motifs is 1. The van der Waals surface area contributed by atoms with Crippen molar-refractivity contribution in [1.82, 2.24) is 0 Å². The lowest BCUT2D eigenvalue weighted by Crippen LogP contribution is -2.39. The van der Waals surface area contributed by atoms with Gasteiger partial charge in [-0.05, 0) is 25.0 Å². The van der Waals surface area contributed by atoms with E-state index in [1.54, 1.807) is 0 Å². The Hall–Kier alpha value is -2.42. The Bertz CT molecular complexity index is 628. The zero-order chi connectivity index (χ0) is 15.7. The molecule has 0 saturated carbocycles. The molecule has 2 aliphatic rings. The van der Waals surface area contributed by atoms with Gasteiger partial charge in [-0.1, -0.05) is 0 Å². The highest BCUT2D eigenvalue weighted by Gasteiger charge is 2.26. The molecule has 1 saturated heterocycles. The van der Waals surface area contributed by atoms with E-state index >= 15 is 0 Å². The third-order valence-electron chi connectivity index (χ3n) is 4.65. The van der Waals surface area contributed by atoms with Gasteiger partial charge in [0, 0.05) is 39.1 Å². The molecule has 0 aromatic heterocycles. The van der Waals surface area contributed by atoms with Crippen molar-refractivity contribution in [2.24, 2.45) is 11.7 Å². The quantitative estimate of drug-likeness (QED) is 0.855. The fourth-order valence-electron chi connectivity index (χ4n) is 3.27. The molecule has 6 nitrogen and oxygen atoms in total. The van der Waals surface area contributed by atoms with Gasteiger partial charge in [-0.3, -0.25) is 4.79 Å². The number of carbonyl (C=O) groups excluding carboxylic acids is 1. The average molecular weight is 299 g/mol. The van der Waals surface area contributed by atoms with Crippen LogP contribution in [-0.2, 0) is 4.79 Å². The van der Waals surface area contributed by atoms with E-state index in [1.165, 1.54) is 0 Å². The highest BCUT2D eigenvalue weighted by atomic mass is 16.1. The summed E-state index contributed by atoms with van der Waals surface area (Å²) in [5, 5.41) is 12.8. The van der Waals surface area contributed by atoms with E-state index in [1.807, 2.05) is 6.07 Å². The lowest BCUT2D eigenvalue weighted by Gasteiger charge is -2.35. The first-order valence-electron chi connectivity index (χ1n) is 7.67. The van der Waals surface area contributed by atoms with Crippen molar-refractivity contribution in [3.8, 4) is 6.07 Å². The van der Waals surface area contributed by atoms with Gasteiger partial charge in [-0.15, -0.1) is 0 Å². The molecule has 0 atom stereocenters. The summed E-state index contributed by atoms with van der Waals surface area (Å²) in [6, 6.07) is 6.32. The maximum absolute atomic E-state index is 11.3. The molecule has 1 aromatic rings. The maximum atomic E-state index is 11.3. The first kappa shape index (κ1) is 14.5. The SMILES string of the molecule is CN1CCNc2cc(C#N)c(N3CCC(C(N)=O)CC3)cc21. The topological polar surface area (TPSA) is 85.4 Å². The van der Waals surface area contributed by atoms with Gasteiger partial charge in [0.2, 0.25) is 5.91 Å². The van der Waals surface area contributed by atoms with Crippen LogP contribution in [0.2, 0.25) is 0 Å². The molecule has 0 aliphatic carbocycles. The molecule has 3 N–H and O–H groups in total. The number of likely N-dealkylation sites (N-methyl/N-ethyl adjacent to an activating group) is 1. The molecule has 116 valence electrons. The highest BCUT2D eigenvalue weighted by Crippen LogP contribution is 2.36. The van der Waals surface area contributed by atoms with Crippen molar-refractivity contribution >= 4 is 23.0 Å². The number of anilines is 3. The molecular formula is C16H21N5O. The monoisotopic (exact) mass is 299 g/mol. The number of carbonyl (C=O) groups is 1. The van der Waals surface area contributed by atoms with Crippen LogP contribution in [-0.4, -0.2) is 39.1 Å². The number of amides is 1. The van der Waals surface area contributed by atoms with Crippen molar-refractivity contribution in [3.63, 3.8) is 0 Å². The number of nitrogens with zero attached hydrogens (tertiary/aromatic N) is 3. The van der Waals surface area contributed by atoms with E-state index in [-0.39, 0.29) is 11.8 Å². The average Bonchev–Trinajstić information content (AvgIpc) is 2.54. The van der Waals surface area contributed by atoms with Gasteiger partial charge in [0.05, 0.1) is 22.6 Å². The van der Waals surface area contributed by atoms with E-state index in [9.17, 15) is 10.1 Å². The number of rotatable bonds is 2. The normalized spacial score (nSPS) is 18.4. The van der Waals surface area contributed by atoms with Crippen LogP contribution in [0.4, 0.5) is 17.1 Å². The Kier molecular flexibility index (Phi) is 3.80. The zero-order valence-corrected chi connectivity index (χ0v) is 12.8. The van der Waals surface area contributed by atoms with Crippen molar-refractivity contribution in [2.45, 2.75) is 12.8 Å². The second-order valence-corrected chi connectivity index (χ2v) is 6.01. The number of piperidine rings is 1. The summed E-state index contributed by atoms with van der Waals surface area (Å²) in [4.78, 5) is 15.7. The van der Waals surface area contributed by atoms with Crippen LogP contribution in [0.5, 0.6) is 0 Å². The molecule has 0 unspecified atom stereocenters. The number of hydrogen-bond acceptors (Lipinski definition) is 5. The highest BCUT2D eigenvalue weighted by molar-refractivity contribution is 5.81. The minimum atomic E-state index is -0.213. The first-order valence-corrected chi connectivity index (χ1v) is 7.67. The number of nitrogens with two attached hydrogens (primary N) is 1. The summed E-state index contributed by atoms with van der Waals surface area (Å²) in [5.74, 6) is -0.252. The molecule has 6 heteroatoms. The Morgan fingerprint density at radius 2 is 2.05 bits per heavy atom. The zero-order valence-electron chi connectivity index (χ0n) is 12.8. The van der Waals surface area contributed by atoms with Crippen LogP contribution in [0.15, 0.2) is 12.1 Å². The third-order valence-corrected chi connectivity index (χ3v) is 4.65. The molecule has 3 rings (SSSR count). The van der Waals surface area contributed by atoms with E-state index in [2.05, 4.69) is 34.3 Å². The predicted octanol–water partition coefficient (Wildman–Crippen LogP) is 1.12. The summed E-state index contributed by atoms with van der Waals surface area (Å²) in [5.41, 5.74) is 9.17. The Labute approximate surface area is 130 Å². The predicted molar refractivity (Wildman–Crippen MR) is 87.0 cm³/mol. The molecular weight excluding hydrogens is 278 g/mol. The first-order chi connectivity index (χ1) is 10.6. The Morgan fingerprint density at radius 3 is 2.68 bits per heavy atom. The maximum Gasteiger partial charge on any atom is 0.220 e. The molecule has 2 heterocycles. The molecule has 22 heavy (non-hydrogen) atoms. The van der Waals surface area contributed by atoms with Crippen LogP contribution in [0.1, 0.15) is 18.4 Å². The van der Waals surface area contributed by atoms with Crippen LogP contribution in [0.25, 0.3) is 0 Å². The lowest BCUT2D eigenvalue weighted by molar-refractivity contribution is -0.122. The van der Waals surface area contributed by atoms with Gasteiger partial charge in [0.25, 0.3) is 0 Å². The van der Waals surface area contributed by atoms with Gasteiger partial charge < -0.3 is 20.9 Å². The van der Waals surface area contributed by atoms with Crippen LogP contribution >= 0.6 is 0 Å². The molecule has 0 bridgehead atoms. The van der Waals surface area contributed by atoms with E-state index in [4.69, 9.17) is 5.73 Å². The summed E-state index contributed by atoms with van der Waals surface area (Å²) in [6.07, 6.45) is 1.51. The minimum absolute atomic E-state index is 0.0382. The summed E-state index contributed by atoms with van der Waals surface area (Å²) < 4.78 is 0. The standard InChI is InChI=1S/C16H21N5O/c1-20-7-4-19-13-8-12(10-17)14(9-15(13)20)21-5-2-11(3-6-21)16(18)22/h8-9,11,19H,2-7H2,1H3,(H2,18,22). The van der Waals surface area contributed by atoms with E-state index < -0.39 is 0 Å². The van der Waals surface area contributed by atoms with Gasteiger partial charge in [0.1, 0.15) is 6.07 Å². The number of nitriles is 1. The summed E-state index contributed by atoms with van der Waals surface area (Å²) in [7, 11) is 2.06. The second-order valence-electron chi connectivity index (χ2n) is 6.01. The number of benzene rings is 1. The largest absolute Gasteiger partial charge is 0.382 e. The minimum Gasteiger partial charge on any atom is -0.382 e. The fourth-order valence-corrected chi connectivity index (χ4v) is 3.27. The molecule has 0 spiro atoms. The van der Waals surface area contributed by atoms with Crippen LogP contribution in [0, 0.1) is 17.2 Å². The molecule has 2 aliphatic heterocycles. The molecule has 1 fully saturated rings. The van der Waals surface area contributed by atoms with Crippen LogP contribution < -0.4 is 20.9 Å². The van der Waals surface area contributed by atoms with Gasteiger partial charge in [0.15, 0.2) is 0 Å². The summed E-state index contributed by atoms with van der Waals surface area (Å²) in [6.45, 7) is 3.36. The number of hydrogen-bond donors (Lipinski definition) is 2. The van der Waals surface area contributed by atoms with Gasteiger partial charge in [-0.2, -0.15) is 5.26 Å². The molecule has 0 radical (unpaired) electrons. The van der Waals surface area contributed by atoms with Crippen molar-refractivity contribution < 1.29 is 4.79 Å². The number of nitrogens with one attached hydrogen (secondary N) is 1. The molecule has 1 aromatic carbocycles. The van der Waals surface area contributed by atoms with E-state index in [0.717, 1.165) is 56.1 Å². The number of primary amides is 1. The lowest BCUT2D eigenvalue weighted by atomic mass is 9.95. The Balaban J connectivity index is 1.89. The van der Waals surface area contributed by atoms with Gasteiger partial charge in [-0.25, -0.2) is 0 Å². The smallest absolute Gasteiger partial charge is 0.220 e. The van der Waals surface area contributed by atoms with Crippen molar-refractivity contribution in [2.75, 3.05) is 48.3 Å². The van der Waals surface area contributed by atoms with Crippen molar-refractivity contribution in [3.05, 3.63) is 17.7 Å².